The van der Waals surface area contributed by atoms with Crippen molar-refractivity contribution < 1.29 is 57.0 Å². The number of ether oxygens (including phenoxy) is 9. The molecule has 0 unspecified atom stereocenters. The number of carbonyl (C=O) groups excluding carboxylic acids is 3. The summed E-state index contributed by atoms with van der Waals surface area (Å²) in [5.41, 5.74) is -0.967. The van der Waals surface area contributed by atoms with Gasteiger partial charge in [-0.05, 0) is 67.6 Å². The topological polar surface area (TPSA) is 191 Å². The van der Waals surface area contributed by atoms with Gasteiger partial charge in [-0.25, -0.2) is 24.1 Å². The van der Waals surface area contributed by atoms with Crippen molar-refractivity contribution in [3.63, 3.8) is 0 Å². The molecule has 6 rings (SSSR count). The van der Waals surface area contributed by atoms with E-state index in [9.17, 15) is 24.9 Å². The lowest BCUT2D eigenvalue weighted by molar-refractivity contribution is -0.138. The van der Waals surface area contributed by atoms with E-state index in [1.54, 1.807) is 30.3 Å². The van der Waals surface area contributed by atoms with Gasteiger partial charge in [0.1, 0.15) is 40.7 Å². The van der Waals surface area contributed by atoms with Crippen LogP contribution in [-0.4, -0.2) is 84.0 Å². The van der Waals surface area contributed by atoms with E-state index in [1.165, 1.54) is 36.4 Å². The highest BCUT2D eigenvalue weighted by Crippen LogP contribution is 2.37. The molecule has 16 nitrogen and oxygen atoms in total. The molecule has 4 aromatic carbocycles. The number of rotatable bonds is 23. The van der Waals surface area contributed by atoms with Crippen molar-refractivity contribution in [3.8, 4) is 35.1 Å². The zero-order valence-electron chi connectivity index (χ0n) is 36.7. The van der Waals surface area contributed by atoms with Crippen LogP contribution >= 0.6 is 0 Å². The average Bonchev–Trinajstić information content (AvgIpc) is 3.31. The van der Waals surface area contributed by atoms with Crippen LogP contribution in [-0.2, 0) is 30.3 Å². The predicted molar refractivity (Wildman–Crippen MR) is 236 cm³/mol. The Balaban J connectivity index is 1.13. The normalized spacial score (nSPS) is 14.1. The molecule has 0 atom stereocenters. The first-order valence-electron chi connectivity index (χ1n) is 21.3. The molecule has 0 radical (unpaired) electrons. The molecule has 2 aliphatic heterocycles. The lowest BCUT2D eigenvalue weighted by Crippen LogP contribution is -2.43. The third-order valence-corrected chi connectivity index (χ3v) is 10.5. The molecule has 0 N–H and O–H groups in total. The van der Waals surface area contributed by atoms with Gasteiger partial charge < -0.3 is 42.6 Å². The van der Waals surface area contributed by atoms with E-state index in [2.05, 4.69) is 23.5 Å². The second kappa shape index (κ2) is 23.0. The van der Waals surface area contributed by atoms with Crippen LogP contribution in [0.4, 0.5) is 11.4 Å². The number of unbranched alkanes of at least 4 members (excludes halogenated alkanes) is 2. The number of hydrogen-bond acceptors (Lipinski definition) is 14. The molecule has 0 spiro atoms. The van der Waals surface area contributed by atoms with Crippen LogP contribution in [0.3, 0.4) is 0 Å². The van der Waals surface area contributed by atoms with Crippen molar-refractivity contribution in [1.29, 1.82) is 10.5 Å². The lowest BCUT2D eigenvalue weighted by atomic mass is 9.90. The Hall–Kier alpha value is -7.31. The van der Waals surface area contributed by atoms with Gasteiger partial charge >= 0.3 is 17.9 Å². The molecule has 16 heteroatoms. The lowest BCUT2D eigenvalue weighted by Gasteiger charge is -2.37. The third-order valence-electron chi connectivity index (χ3n) is 10.5. The molecule has 2 heterocycles. The van der Waals surface area contributed by atoms with Crippen LogP contribution in [0.5, 0.6) is 23.0 Å². The first kappa shape index (κ1) is 48.2. The van der Waals surface area contributed by atoms with Gasteiger partial charge in [-0.15, -0.1) is 0 Å². The van der Waals surface area contributed by atoms with Gasteiger partial charge in [0.05, 0.1) is 94.8 Å². The number of esters is 3. The minimum absolute atomic E-state index is 0.0462. The molecule has 2 aliphatic rings. The highest BCUT2D eigenvalue weighted by atomic mass is 16.6. The molecular formula is C50H48N4O12. The molecule has 2 saturated heterocycles. The Morgan fingerprint density at radius 2 is 1.17 bits per heavy atom. The molecule has 0 bridgehead atoms. The molecule has 2 fully saturated rings. The smallest absolute Gasteiger partial charge is 0.343 e. The van der Waals surface area contributed by atoms with Crippen LogP contribution in [0.15, 0.2) is 72.8 Å². The van der Waals surface area contributed by atoms with Crippen LogP contribution < -0.4 is 18.9 Å². The van der Waals surface area contributed by atoms with Crippen molar-refractivity contribution in [1.82, 2.24) is 0 Å². The van der Waals surface area contributed by atoms with E-state index in [-0.39, 0.29) is 92.8 Å². The second-order valence-corrected chi connectivity index (χ2v) is 16.4. The number of hydrogen-bond donors (Lipinski definition) is 0. The molecule has 340 valence electrons. The number of carbonyl (C=O) groups is 3. The summed E-state index contributed by atoms with van der Waals surface area (Å²) in [6.45, 7) is 25.1. The van der Waals surface area contributed by atoms with Crippen LogP contribution in [0.2, 0.25) is 0 Å². The summed E-state index contributed by atoms with van der Waals surface area (Å²) in [5, 5.41) is 20.1. The summed E-state index contributed by atoms with van der Waals surface area (Å²) >= 11 is 0. The Labute approximate surface area is 383 Å². The first-order chi connectivity index (χ1) is 32.0. The summed E-state index contributed by atoms with van der Waals surface area (Å²) in [6, 6.07) is 21.6. The second-order valence-electron chi connectivity index (χ2n) is 16.4. The van der Waals surface area contributed by atoms with E-state index in [4.69, 9.17) is 55.8 Å². The number of benzene rings is 4. The summed E-state index contributed by atoms with van der Waals surface area (Å²) in [5.74, 6) is -3.30. The van der Waals surface area contributed by atoms with Crippen molar-refractivity contribution in [2.45, 2.75) is 46.1 Å². The molecule has 0 aromatic heterocycles. The maximum absolute atomic E-state index is 13.7. The van der Waals surface area contributed by atoms with Gasteiger partial charge in [0.2, 0.25) is 11.4 Å². The van der Waals surface area contributed by atoms with Gasteiger partial charge in [0.15, 0.2) is 0 Å². The maximum Gasteiger partial charge on any atom is 0.343 e. The van der Waals surface area contributed by atoms with Crippen LogP contribution in [0.25, 0.3) is 9.69 Å². The van der Waals surface area contributed by atoms with Crippen molar-refractivity contribution in [2.24, 2.45) is 10.8 Å². The first-order valence-corrected chi connectivity index (χ1v) is 21.3. The largest absolute Gasteiger partial charge is 0.505 e. The minimum Gasteiger partial charge on any atom is -0.505 e. The van der Waals surface area contributed by atoms with Crippen LogP contribution in [0, 0.1) is 46.6 Å². The molecule has 66 heavy (non-hydrogen) atoms. The Kier molecular flexibility index (Phi) is 16.8. The van der Waals surface area contributed by atoms with Gasteiger partial charge in [0.25, 0.3) is 0 Å². The minimum atomic E-state index is -1.07. The fourth-order valence-electron chi connectivity index (χ4n) is 6.78. The fourth-order valence-corrected chi connectivity index (χ4v) is 6.78. The Morgan fingerprint density at radius 1 is 0.621 bits per heavy atom. The summed E-state index contributed by atoms with van der Waals surface area (Å²) < 4.78 is 50.5. The van der Waals surface area contributed by atoms with Gasteiger partial charge in [-0.3, -0.25) is 0 Å². The van der Waals surface area contributed by atoms with E-state index in [0.717, 1.165) is 6.07 Å². The molecular weight excluding hydrogens is 849 g/mol. The van der Waals surface area contributed by atoms with E-state index < -0.39 is 17.9 Å². The summed E-state index contributed by atoms with van der Waals surface area (Å²) in [4.78, 5) is 47.8. The highest BCUT2D eigenvalue weighted by Gasteiger charge is 2.34. The maximum atomic E-state index is 13.7. The van der Waals surface area contributed by atoms with E-state index >= 15 is 0 Å². The van der Waals surface area contributed by atoms with Crippen molar-refractivity contribution in [2.75, 3.05) is 66.1 Å². The highest BCUT2D eigenvalue weighted by molar-refractivity contribution is 6.01. The number of nitrogens with zero attached hydrogens (tertiary/aromatic N) is 4. The molecule has 0 saturated carbocycles. The van der Waals surface area contributed by atoms with Gasteiger partial charge in [-0.2, -0.15) is 10.5 Å². The zero-order valence-corrected chi connectivity index (χ0v) is 36.7. The SMILES string of the molecule is [C-]#[N+]c1c(OCCCCOCC2(C)COC2)ccc(C(=O)Oc2ccc(OC(=O)c3ccc(OCCCCOCC4(C)COC4)c(C#N)c3[N+]#[C-])c(C(=O)OCc3ccccc3)c2)c1C#N. The van der Waals surface area contributed by atoms with Crippen molar-refractivity contribution >= 4 is 29.3 Å². The average molecular weight is 897 g/mol. The van der Waals surface area contributed by atoms with E-state index in [0.29, 0.717) is 84.1 Å². The summed E-state index contributed by atoms with van der Waals surface area (Å²) in [7, 11) is 0. The number of nitriles is 2. The van der Waals surface area contributed by atoms with Crippen LogP contribution in [0.1, 0.15) is 87.3 Å². The standard InChI is InChI=1S/C50H48N4O12/c1-49(30-60-31-49)28-58-20-8-10-22-62-41-18-16-37(44(53-3)40(41)26-52)48(57)66-42-17-14-35(24-38(42)46(55)64-27-34-12-6-5-7-13-34)65-47(56)36-15-19-43(45(54-4)39(36)25-51)63-23-11-9-21-59-29-50(2)32-61-33-50/h5-7,12-19,24H,8-11,20-23,27-33H2,1-2H3. The quantitative estimate of drug-likeness (QED) is 0.0297. The Bertz CT molecular complexity index is 2560. The fraction of sp³-hybridized carbons (Fsp3) is 0.380. The molecule has 0 aliphatic carbocycles. The van der Waals surface area contributed by atoms with Gasteiger partial charge in [0, 0.05) is 24.0 Å². The Morgan fingerprint density at radius 3 is 1.74 bits per heavy atom. The third kappa shape index (κ3) is 12.5. The molecule has 4 aromatic rings. The van der Waals surface area contributed by atoms with Crippen molar-refractivity contribution in [3.05, 3.63) is 129 Å². The zero-order chi connectivity index (χ0) is 46.9. The van der Waals surface area contributed by atoms with E-state index in [1.807, 2.05) is 12.1 Å². The van der Waals surface area contributed by atoms with Gasteiger partial charge in [-0.1, -0.05) is 50.2 Å². The predicted octanol–water partition coefficient (Wildman–Crippen LogP) is 8.75. The molecule has 0 amide bonds. The summed E-state index contributed by atoms with van der Waals surface area (Å²) in [6.07, 6.45) is 2.64. The monoisotopic (exact) mass is 896 g/mol.